The molecule has 2 aromatic carbocycles. The SMILES string of the molecule is COc1cc(-c2nc(CN3CCN(c4ccc(C(C)=O)cc4)CC3)c(C)o2)ccc1F. The molecule has 0 unspecified atom stereocenters. The van der Waals surface area contributed by atoms with Crippen LogP contribution in [0.2, 0.25) is 0 Å². The van der Waals surface area contributed by atoms with Crippen LogP contribution in [0.4, 0.5) is 10.1 Å². The van der Waals surface area contributed by atoms with E-state index in [2.05, 4.69) is 14.8 Å². The van der Waals surface area contributed by atoms with Gasteiger partial charge in [0, 0.05) is 49.5 Å². The molecular weight excluding hydrogens is 397 g/mol. The predicted octanol–water partition coefficient (Wildman–Crippen LogP) is 4.32. The Morgan fingerprint density at radius 1 is 1.13 bits per heavy atom. The third-order valence-electron chi connectivity index (χ3n) is 5.68. The minimum Gasteiger partial charge on any atom is -0.494 e. The molecule has 7 heteroatoms. The summed E-state index contributed by atoms with van der Waals surface area (Å²) in [6.07, 6.45) is 0. The third-order valence-corrected chi connectivity index (χ3v) is 5.68. The second-order valence-electron chi connectivity index (χ2n) is 7.74. The number of ether oxygens (including phenoxy) is 1. The van der Waals surface area contributed by atoms with E-state index < -0.39 is 5.82 Å². The molecule has 1 aliphatic heterocycles. The Bertz CT molecular complexity index is 1070. The maximum Gasteiger partial charge on any atom is 0.226 e. The largest absolute Gasteiger partial charge is 0.494 e. The number of rotatable bonds is 6. The van der Waals surface area contributed by atoms with Crippen LogP contribution in [0, 0.1) is 12.7 Å². The normalized spacial score (nSPS) is 14.6. The lowest BCUT2D eigenvalue weighted by atomic mass is 10.1. The first-order valence-electron chi connectivity index (χ1n) is 10.3. The molecule has 6 nitrogen and oxygen atoms in total. The average molecular weight is 423 g/mol. The van der Waals surface area contributed by atoms with Crippen LogP contribution >= 0.6 is 0 Å². The molecule has 3 aromatic rings. The number of carbonyl (C=O) groups excluding carboxylic acids is 1. The molecule has 31 heavy (non-hydrogen) atoms. The molecule has 0 amide bonds. The van der Waals surface area contributed by atoms with Crippen molar-refractivity contribution in [1.82, 2.24) is 9.88 Å². The molecular formula is C24H26FN3O3. The van der Waals surface area contributed by atoms with Gasteiger partial charge in [-0.2, -0.15) is 0 Å². The van der Waals surface area contributed by atoms with Gasteiger partial charge in [-0.05, 0) is 56.3 Å². The first-order chi connectivity index (χ1) is 14.9. The summed E-state index contributed by atoms with van der Waals surface area (Å²) in [4.78, 5) is 20.8. The molecule has 162 valence electrons. The van der Waals surface area contributed by atoms with Gasteiger partial charge in [0.1, 0.15) is 5.76 Å². The van der Waals surface area contributed by atoms with Gasteiger partial charge < -0.3 is 14.1 Å². The molecule has 1 fully saturated rings. The molecule has 0 spiro atoms. The fourth-order valence-electron chi connectivity index (χ4n) is 3.77. The Balaban J connectivity index is 1.39. The molecule has 1 aromatic heterocycles. The number of nitrogens with zero attached hydrogens (tertiary/aromatic N) is 3. The molecule has 0 radical (unpaired) electrons. The Labute approximate surface area is 181 Å². The quantitative estimate of drug-likeness (QED) is 0.551. The number of aromatic nitrogens is 1. The van der Waals surface area contributed by atoms with Crippen molar-refractivity contribution in [3.63, 3.8) is 0 Å². The standard InChI is InChI=1S/C24H26FN3O3/c1-16(29)18-4-7-20(8-5-18)28-12-10-27(11-13-28)15-22-17(2)31-24(26-22)19-6-9-21(25)23(14-19)30-3/h4-9,14H,10-13,15H2,1-3H3. The molecule has 0 N–H and O–H groups in total. The summed E-state index contributed by atoms with van der Waals surface area (Å²) in [6.45, 7) is 7.79. The van der Waals surface area contributed by atoms with E-state index in [4.69, 9.17) is 9.15 Å². The molecule has 0 saturated carbocycles. The van der Waals surface area contributed by atoms with E-state index in [-0.39, 0.29) is 11.5 Å². The summed E-state index contributed by atoms with van der Waals surface area (Å²) >= 11 is 0. The van der Waals surface area contributed by atoms with Gasteiger partial charge in [0.25, 0.3) is 0 Å². The molecule has 2 heterocycles. The average Bonchev–Trinajstić information content (AvgIpc) is 3.15. The number of anilines is 1. The topological polar surface area (TPSA) is 58.8 Å². The maximum atomic E-state index is 13.7. The number of methoxy groups -OCH3 is 1. The van der Waals surface area contributed by atoms with Crippen LogP contribution in [0.3, 0.4) is 0 Å². The molecule has 0 atom stereocenters. The van der Waals surface area contributed by atoms with Crippen molar-refractivity contribution < 1.29 is 18.3 Å². The second kappa shape index (κ2) is 8.89. The van der Waals surface area contributed by atoms with Gasteiger partial charge in [-0.1, -0.05) is 0 Å². The number of aryl methyl sites for hydroxylation is 1. The van der Waals surface area contributed by atoms with E-state index in [0.29, 0.717) is 18.0 Å². The molecule has 0 aliphatic carbocycles. The highest BCUT2D eigenvalue weighted by Gasteiger charge is 2.21. The van der Waals surface area contributed by atoms with Gasteiger partial charge in [-0.25, -0.2) is 9.37 Å². The Kier molecular flexibility index (Phi) is 6.04. The highest BCUT2D eigenvalue weighted by atomic mass is 19.1. The van der Waals surface area contributed by atoms with Crippen molar-refractivity contribution in [1.29, 1.82) is 0 Å². The summed E-state index contributed by atoms with van der Waals surface area (Å²) in [7, 11) is 1.44. The zero-order valence-electron chi connectivity index (χ0n) is 18.0. The summed E-state index contributed by atoms with van der Waals surface area (Å²) in [6, 6.07) is 12.4. The van der Waals surface area contributed by atoms with Crippen LogP contribution < -0.4 is 9.64 Å². The number of hydrogen-bond donors (Lipinski definition) is 0. The first kappa shape index (κ1) is 21.1. The Morgan fingerprint density at radius 3 is 2.48 bits per heavy atom. The first-order valence-corrected chi connectivity index (χ1v) is 10.3. The Hall–Kier alpha value is -3.19. The monoisotopic (exact) mass is 423 g/mol. The number of oxazole rings is 1. The minimum atomic E-state index is -0.413. The van der Waals surface area contributed by atoms with Crippen molar-refractivity contribution >= 4 is 11.5 Å². The second-order valence-corrected chi connectivity index (χ2v) is 7.74. The van der Waals surface area contributed by atoms with E-state index in [1.807, 2.05) is 31.2 Å². The van der Waals surface area contributed by atoms with E-state index in [9.17, 15) is 9.18 Å². The number of carbonyl (C=O) groups is 1. The number of Topliss-reactive ketones (excluding diaryl/α,β-unsaturated/α-hetero) is 1. The van der Waals surface area contributed by atoms with Crippen LogP contribution in [0.1, 0.15) is 28.7 Å². The minimum absolute atomic E-state index is 0.0813. The van der Waals surface area contributed by atoms with Gasteiger partial charge in [-0.15, -0.1) is 0 Å². The third kappa shape index (κ3) is 4.61. The van der Waals surface area contributed by atoms with Crippen molar-refractivity contribution in [2.24, 2.45) is 0 Å². The number of hydrogen-bond acceptors (Lipinski definition) is 6. The van der Waals surface area contributed by atoms with Gasteiger partial charge in [0.05, 0.1) is 12.8 Å². The van der Waals surface area contributed by atoms with Gasteiger partial charge >= 0.3 is 0 Å². The summed E-state index contributed by atoms with van der Waals surface area (Å²) < 4.78 is 24.6. The van der Waals surface area contributed by atoms with Crippen LogP contribution in [0.5, 0.6) is 5.75 Å². The number of piperazine rings is 1. The summed E-state index contributed by atoms with van der Waals surface area (Å²) in [5, 5.41) is 0. The van der Waals surface area contributed by atoms with E-state index >= 15 is 0 Å². The van der Waals surface area contributed by atoms with E-state index in [1.54, 1.807) is 19.1 Å². The molecule has 1 saturated heterocycles. The van der Waals surface area contributed by atoms with Crippen molar-refractivity contribution in [3.8, 4) is 17.2 Å². The van der Waals surface area contributed by atoms with Crippen LogP contribution in [0.15, 0.2) is 46.9 Å². The van der Waals surface area contributed by atoms with E-state index in [1.165, 1.54) is 13.2 Å². The molecule has 4 rings (SSSR count). The summed E-state index contributed by atoms with van der Waals surface area (Å²) in [5.41, 5.74) is 3.44. The van der Waals surface area contributed by atoms with Crippen LogP contribution in [0.25, 0.3) is 11.5 Å². The maximum absolute atomic E-state index is 13.7. The van der Waals surface area contributed by atoms with Crippen molar-refractivity contribution in [3.05, 3.63) is 65.3 Å². The van der Waals surface area contributed by atoms with Crippen LogP contribution in [-0.2, 0) is 6.54 Å². The lowest BCUT2D eigenvalue weighted by molar-refractivity contribution is 0.101. The lowest BCUT2D eigenvalue weighted by Crippen LogP contribution is -2.46. The van der Waals surface area contributed by atoms with Crippen molar-refractivity contribution in [2.45, 2.75) is 20.4 Å². The number of ketones is 1. The smallest absolute Gasteiger partial charge is 0.226 e. The van der Waals surface area contributed by atoms with Gasteiger partial charge in [0.15, 0.2) is 17.3 Å². The predicted molar refractivity (Wildman–Crippen MR) is 117 cm³/mol. The highest BCUT2D eigenvalue weighted by molar-refractivity contribution is 5.94. The van der Waals surface area contributed by atoms with Gasteiger partial charge in [-0.3, -0.25) is 9.69 Å². The van der Waals surface area contributed by atoms with Gasteiger partial charge in [0.2, 0.25) is 5.89 Å². The van der Waals surface area contributed by atoms with E-state index in [0.717, 1.165) is 48.9 Å². The zero-order valence-corrected chi connectivity index (χ0v) is 18.0. The van der Waals surface area contributed by atoms with Crippen molar-refractivity contribution in [2.75, 3.05) is 38.2 Å². The number of benzene rings is 2. The molecule has 1 aliphatic rings. The fraction of sp³-hybridized carbons (Fsp3) is 0.333. The summed E-state index contributed by atoms with van der Waals surface area (Å²) in [5.74, 6) is 1.07. The molecule has 0 bridgehead atoms. The lowest BCUT2D eigenvalue weighted by Gasteiger charge is -2.35. The fourth-order valence-corrected chi connectivity index (χ4v) is 3.77. The highest BCUT2D eigenvalue weighted by Crippen LogP contribution is 2.28. The zero-order chi connectivity index (χ0) is 22.0. The Morgan fingerprint density at radius 2 is 1.84 bits per heavy atom. The van der Waals surface area contributed by atoms with Crippen LogP contribution in [-0.4, -0.2) is 49.0 Å². The number of halogens is 1.